The molecular formula is C25H25N5O2. The molecule has 2 aromatic carbocycles. The van der Waals surface area contributed by atoms with Crippen molar-refractivity contribution in [2.24, 2.45) is 0 Å². The Morgan fingerprint density at radius 2 is 1.75 bits per heavy atom. The van der Waals surface area contributed by atoms with Crippen LogP contribution in [0.25, 0.3) is 22.2 Å². The molecule has 1 aliphatic heterocycles. The van der Waals surface area contributed by atoms with Crippen LogP contribution in [0.5, 0.6) is 5.75 Å². The van der Waals surface area contributed by atoms with E-state index in [0.29, 0.717) is 19.6 Å². The average Bonchev–Trinajstić information content (AvgIpc) is 3.27. The van der Waals surface area contributed by atoms with E-state index in [2.05, 4.69) is 33.1 Å². The molecule has 0 saturated carbocycles. The summed E-state index contributed by atoms with van der Waals surface area (Å²) < 4.78 is 7.26. The second-order valence-corrected chi connectivity index (χ2v) is 7.86. The summed E-state index contributed by atoms with van der Waals surface area (Å²) in [4.78, 5) is 25.9. The van der Waals surface area contributed by atoms with Crippen molar-refractivity contribution in [2.75, 3.05) is 38.2 Å². The summed E-state index contributed by atoms with van der Waals surface area (Å²) in [6.07, 6.45) is 3.59. The van der Waals surface area contributed by atoms with Crippen LogP contribution in [0.2, 0.25) is 0 Å². The first kappa shape index (κ1) is 20.1. The van der Waals surface area contributed by atoms with E-state index in [0.717, 1.165) is 46.8 Å². The molecule has 1 fully saturated rings. The van der Waals surface area contributed by atoms with E-state index in [1.165, 1.54) is 0 Å². The minimum Gasteiger partial charge on any atom is -0.497 e. The Bertz CT molecular complexity index is 1230. The maximum absolute atomic E-state index is 12.9. The van der Waals surface area contributed by atoms with Gasteiger partial charge in [0.1, 0.15) is 24.4 Å². The standard InChI is InChI=1S/C25H25N5O2/c1-32-21-8-6-19(7-9-21)22-16-24(27-18-26-22)28-12-14-29(15-13-28)25(31)17-30-11-10-20-4-2-3-5-23(20)30/h2-11,16,18H,12-15,17H2,1H3. The molecule has 162 valence electrons. The number of hydrogen-bond donors (Lipinski definition) is 0. The van der Waals surface area contributed by atoms with Crippen LogP contribution >= 0.6 is 0 Å². The SMILES string of the molecule is COc1ccc(-c2cc(N3CCN(C(=O)Cn4ccc5ccccc54)CC3)ncn2)cc1. The van der Waals surface area contributed by atoms with Gasteiger partial charge in [-0.15, -0.1) is 0 Å². The molecule has 7 nitrogen and oxygen atoms in total. The molecule has 7 heteroatoms. The quantitative estimate of drug-likeness (QED) is 0.488. The van der Waals surface area contributed by atoms with E-state index in [-0.39, 0.29) is 5.91 Å². The summed E-state index contributed by atoms with van der Waals surface area (Å²) in [5.41, 5.74) is 2.98. The zero-order valence-corrected chi connectivity index (χ0v) is 18.0. The predicted molar refractivity (Wildman–Crippen MR) is 125 cm³/mol. The average molecular weight is 428 g/mol. The first-order chi connectivity index (χ1) is 15.7. The van der Waals surface area contributed by atoms with Gasteiger partial charge in [0.05, 0.1) is 12.8 Å². The molecule has 0 bridgehead atoms. The largest absolute Gasteiger partial charge is 0.497 e. The van der Waals surface area contributed by atoms with Gasteiger partial charge in [0, 0.05) is 49.5 Å². The Morgan fingerprint density at radius 1 is 0.969 bits per heavy atom. The van der Waals surface area contributed by atoms with E-state index >= 15 is 0 Å². The number of carbonyl (C=O) groups excluding carboxylic acids is 1. The number of methoxy groups -OCH3 is 1. The number of para-hydroxylation sites is 1. The summed E-state index contributed by atoms with van der Waals surface area (Å²) >= 11 is 0. The number of fused-ring (bicyclic) bond motifs is 1. The Hall–Kier alpha value is -3.87. The predicted octanol–water partition coefficient (Wildman–Crippen LogP) is 3.46. The van der Waals surface area contributed by atoms with E-state index < -0.39 is 0 Å². The third kappa shape index (κ3) is 4.01. The molecule has 1 amide bonds. The lowest BCUT2D eigenvalue weighted by Gasteiger charge is -2.35. The number of carbonyl (C=O) groups is 1. The minimum atomic E-state index is 0.146. The lowest BCUT2D eigenvalue weighted by atomic mass is 10.1. The molecule has 0 atom stereocenters. The van der Waals surface area contributed by atoms with E-state index in [9.17, 15) is 4.79 Å². The Morgan fingerprint density at radius 3 is 2.53 bits per heavy atom. The third-order valence-electron chi connectivity index (χ3n) is 5.98. The summed E-state index contributed by atoms with van der Waals surface area (Å²) in [6, 6.07) is 20.0. The third-order valence-corrected chi connectivity index (χ3v) is 5.98. The molecule has 5 rings (SSSR count). The number of piperazine rings is 1. The summed E-state index contributed by atoms with van der Waals surface area (Å²) in [5, 5.41) is 1.15. The van der Waals surface area contributed by atoms with Gasteiger partial charge in [-0.3, -0.25) is 4.79 Å². The minimum absolute atomic E-state index is 0.146. The topological polar surface area (TPSA) is 63.5 Å². The molecule has 0 aliphatic carbocycles. The lowest BCUT2D eigenvalue weighted by Crippen LogP contribution is -2.49. The zero-order chi connectivity index (χ0) is 21.9. The lowest BCUT2D eigenvalue weighted by molar-refractivity contribution is -0.132. The first-order valence-corrected chi connectivity index (χ1v) is 10.7. The Balaban J connectivity index is 1.23. The maximum Gasteiger partial charge on any atom is 0.242 e. The van der Waals surface area contributed by atoms with Crippen molar-refractivity contribution >= 4 is 22.6 Å². The number of hydrogen-bond acceptors (Lipinski definition) is 5. The maximum atomic E-state index is 12.9. The van der Waals surface area contributed by atoms with Crippen LogP contribution < -0.4 is 9.64 Å². The van der Waals surface area contributed by atoms with Gasteiger partial charge in [0.15, 0.2) is 0 Å². The second-order valence-electron chi connectivity index (χ2n) is 7.86. The number of anilines is 1. The highest BCUT2D eigenvalue weighted by Gasteiger charge is 2.22. The summed E-state index contributed by atoms with van der Waals surface area (Å²) in [7, 11) is 1.66. The van der Waals surface area contributed by atoms with Crippen LogP contribution in [-0.2, 0) is 11.3 Å². The highest BCUT2D eigenvalue weighted by Crippen LogP contribution is 2.24. The molecule has 3 heterocycles. The number of amides is 1. The van der Waals surface area contributed by atoms with E-state index in [1.807, 2.05) is 58.1 Å². The van der Waals surface area contributed by atoms with Crippen molar-refractivity contribution < 1.29 is 9.53 Å². The van der Waals surface area contributed by atoms with Crippen molar-refractivity contribution in [3.05, 3.63) is 73.2 Å². The van der Waals surface area contributed by atoms with Crippen LogP contribution in [0.15, 0.2) is 73.2 Å². The first-order valence-electron chi connectivity index (χ1n) is 10.7. The number of ether oxygens (including phenoxy) is 1. The van der Waals surface area contributed by atoms with Gasteiger partial charge in [0.25, 0.3) is 0 Å². The van der Waals surface area contributed by atoms with Crippen molar-refractivity contribution in [3.63, 3.8) is 0 Å². The molecule has 0 unspecified atom stereocenters. The molecule has 0 N–H and O–H groups in total. The second kappa shape index (κ2) is 8.70. The number of nitrogens with zero attached hydrogens (tertiary/aromatic N) is 5. The van der Waals surface area contributed by atoms with Crippen LogP contribution in [0.3, 0.4) is 0 Å². The smallest absolute Gasteiger partial charge is 0.242 e. The highest BCUT2D eigenvalue weighted by molar-refractivity contribution is 5.83. The fourth-order valence-electron chi connectivity index (χ4n) is 4.15. The molecule has 0 spiro atoms. The zero-order valence-electron chi connectivity index (χ0n) is 18.0. The molecule has 1 saturated heterocycles. The van der Waals surface area contributed by atoms with Crippen LogP contribution in [0.4, 0.5) is 5.82 Å². The van der Waals surface area contributed by atoms with Crippen molar-refractivity contribution in [2.45, 2.75) is 6.54 Å². The number of aromatic nitrogens is 3. The molecule has 0 radical (unpaired) electrons. The van der Waals surface area contributed by atoms with Gasteiger partial charge in [-0.25, -0.2) is 9.97 Å². The van der Waals surface area contributed by atoms with Gasteiger partial charge in [-0.2, -0.15) is 0 Å². The highest BCUT2D eigenvalue weighted by atomic mass is 16.5. The van der Waals surface area contributed by atoms with Gasteiger partial charge in [-0.05, 0) is 41.8 Å². The number of rotatable bonds is 5. The molecular weight excluding hydrogens is 402 g/mol. The Kier molecular flexibility index (Phi) is 5.46. The monoisotopic (exact) mass is 427 g/mol. The van der Waals surface area contributed by atoms with Crippen molar-refractivity contribution in [1.29, 1.82) is 0 Å². The molecule has 4 aromatic rings. The van der Waals surface area contributed by atoms with E-state index in [1.54, 1.807) is 13.4 Å². The molecule has 32 heavy (non-hydrogen) atoms. The molecule has 1 aliphatic rings. The van der Waals surface area contributed by atoms with Crippen molar-refractivity contribution in [3.8, 4) is 17.0 Å². The van der Waals surface area contributed by atoms with Crippen LogP contribution in [0, 0.1) is 0 Å². The summed E-state index contributed by atoms with van der Waals surface area (Å²) in [5.74, 6) is 1.85. The van der Waals surface area contributed by atoms with Crippen LogP contribution in [-0.4, -0.2) is 58.6 Å². The Labute approximate surface area is 186 Å². The fourth-order valence-corrected chi connectivity index (χ4v) is 4.15. The molecule has 2 aromatic heterocycles. The van der Waals surface area contributed by atoms with Gasteiger partial charge < -0.3 is 19.1 Å². The van der Waals surface area contributed by atoms with Gasteiger partial charge in [-0.1, -0.05) is 18.2 Å². The summed E-state index contributed by atoms with van der Waals surface area (Å²) in [6.45, 7) is 3.22. The normalized spacial score (nSPS) is 14.0. The van der Waals surface area contributed by atoms with Crippen LogP contribution in [0.1, 0.15) is 0 Å². The van der Waals surface area contributed by atoms with Crippen molar-refractivity contribution in [1.82, 2.24) is 19.4 Å². The number of benzene rings is 2. The van der Waals surface area contributed by atoms with Gasteiger partial charge in [0.2, 0.25) is 5.91 Å². The van der Waals surface area contributed by atoms with E-state index in [4.69, 9.17) is 4.74 Å². The fraction of sp³-hybridized carbons (Fsp3) is 0.240. The van der Waals surface area contributed by atoms with Gasteiger partial charge >= 0.3 is 0 Å².